The lowest BCUT2D eigenvalue weighted by atomic mass is 10.1. The van der Waals surface area contributed by atoms with Crippen LogP contribution in [0.15, 0.2) is 43.0 Å². The van der Waals surface area contributed by atoms with E-state index in [4.69, 9.17) is 15.7 Å². The number of rotatable bonds is 7. The Morgan fingerprint density at radius 2 is 2.02 bits per heavy atom. The number of aromatic nitrogens is 5. The molecule has 0 radical (unpaired) electrons. The molecule has 2 amide bonds. The minimum Gasteiger partial charge on any atom is -0.437 e. The number of aliphatic hydroxyl groups is 1. The second-order valence-electron chi connectivity index (χ2n) is 11.5. The molecule has 49 heavy (non-hydrogen) atoms. The van der Waals surface area contributed by atoms with Gasteiger partial charge in [-0.25, -0.2) is 14.8 Å². The van der Waals surface area contributed by atoms with E-state index in [1.165, 1.54) is 27.9 Å². The maximum atomic E-state index is 13.8. The summed E-state index contributed by atoms with van der Waals surface area (Å²) in [6, 6.07) is 6.30. The van der Waals surface area contributed by atoms with Crippen molar-refractivity contribution < 1.29 is 37.4 Å². The maximum Gasteiger partial charge on any atom is 0.435 e. The number of aliphatic hydroxyl groups excluding tert-OH is 1. The Kier molecular flexibility index (Phi) is 8.94. The van der Waals surface area contributed by atoms with Gasteiger partial charge in [-0.1, -0.05) is 0 Å². The van der Waals surface area contributed by atoms with Crippen LogP contribution in [0.4, 0.5) is 24.7 Å². The number of benzene rings is 1. The maximum absolute atomic E-state index is 13.8. The van der Waals surface area contributed by atoms with E-state index in [2.05, 4.69) is 25.7 Å². The van der Waals surface area contributed by atoms with Gasteiger partial charge in [-0.3, -0.25) is 23.6 Å². The number of nitriles is 1. The number of alkyl halides is 3. The number of β-amino-alcohol motifs (C(OH)–C–C–N with tert-alkyl or cyclic N) is 1. The minimum absolute atomic E-state index is 0.0693. The zero-order valence-corrected chi connectivity index (χ0v) is 25.9. The van der Waals surface area contributed by atoms with Gasteiger partial charge in [0.25, 0.3) is 5.91 Å². The summed E-state index contributed by atoms with van der Waals surface area (Å²) in [6.07, 6.45) is -1.29. The van der Waals surface area contributed by atoms with E-state index in [-0.39, 0.29) is 54.8 Å². The number of nitrogens with zero attached hydrogens (tertiary/aromatic N) is 8. The van der Waals surface area contributed by atoms with E-state index < -0.39 is 42.1 Å². The number of aryl methyl sites for hydroxylation is 1. The summed E-state index contributed by atoms with van der Waals surface area (Å²) in [6.45, 7) is 2.58. The molecule has 4 aromatic rings. The molecule has 6 rings (SSSR count). The second kappa shape index (κ2) is 13.1. The third-order valence-corrected chi connectivity index (χ3v) is 8.37. The number of esters is 1. The van der Waals surface area contributed by atoms with Gasteiger partial charge >= 0.3 is 18.1 Å². The van der Waals surface area contributed by atoms with Crippen molar-refractivity contribution in [1.82, 2.24) is 39.3 Å². The fourth-order valence-corrected chi connectivity index (χ4v) is 6.07. The first-order chi connectivity index (χ1) is 23.3. The molecule has 0 bridgehead atoms. The molecule has 1 aromatic carbocycles. The molecule has 2 aliphatic rings. The number of primary amides is 1. The second-order valence-corrected chi connectivity index (χ2v) is 11.5. The van der Waals surface area contributed by atoms with Crippen LogP contribution in [0, 0.1) is 18.3 Å². The standard InChI is InChI=1S/C30H30F3N11O5/c1-16-10-17(39-26-27-38-12-20(44(27)7-5-37-26)19-14-42(6-4-34)40-24(19)30(31,32)33)2-3-18(16)28(47)41-8-9-43(21-11-36-13-22(21)45)23(15-41)49-29(48)25(35)46/h2-3,5,7,10,12,14,21-23,36,45H,6,8-9,11,13,15H2,1H3,(H2,35,46)(H,37,39)/t21-,22-,23?/m1/s1. The number of hydrogen-bond donors (Lipinski definition) is 4. The molecule has 1 unspecified atom stereocenters. The van der Waals surface area contributed by atoms with Crippen LogP contribution in [-0.2, 0) is 27.0 Å². The average molecular weight is 682 g/mol. The van der Waals surface area contributed by atoms with Gasteiger partial charge in [0.1, 0.15) is 6.54 Å². The number of amides is 2. The number of anilines is 2. The van der Waals surface area contributed by atoms with E-state index in [9.17, 15) is 32.7 Å². The molecule has 19 heteroatoms. The molecule has 3 atom stereocenters. The molecule has 2 saturated heterocycles. The number of fused-ring (bicyclic) bond motifs is 1. The van der Waals surface area contributed by atoms with Crippen molar-refractivity contribution in [3.63, 3.8) is 0 Å². The molecular weight excluding hydrogens is 651 g/mol. The number of halogens is 3. The van der Waals surface area contributed by atoms with Crippen LogP contribution in [-0.4, -0.2) is 108 Å². The molecule has 3 aromatic heterocycles. The van der Waals surface area contributed by atoms with Crippen molar-refractivity contribution in [2.75, 3.05) is 38.0 Å². The lowest BCUT2D eigenvalue weighted by molar-refractivity contribution is -0.173. The van der Waals surface area contributed by atoms with Gasteiger partial charge in [0, 0.05) is 56.0 Å². The third-order valence-electron chi connectivity index (χ3n) is 8.37. The Morgan fingerprint density at radius 1 is 1.22 bits per heavy atom. The number of hydrogen-bond acceptors (Lipinski definition) is 12. The number of carbonyl (C=O) groups is 3. The summed E-state index contributed by atoms with van der Waals surface area (Å²) in [5, 5.41) is 29.1. The quantitative estimate of drug-likeness (QED) is 0.156. The molecule has 2 aliphatic heterocycles. The van der Waals surface area contributed by atoms with Crippen molar-refractivity contribution in [3.8, 4) is 17.3 Å². The minimum atomic E-state index is -4.77. The first kappa shape index (κ1) is 33.3. The van der Waals surface area contributed by atoms with Crippen molar-refractivity contribution in [2.45, 2.75) is 38.0 Å². The van der Waals surface area contributed by atoms with Gasteiger partial charge in [0.05, 0.1) is 42.2 Å². The molecule has 2 fully saturated rings. The molecule has 256 valence electrons. The van der Waals surface area contributed by atoms with E-state index in [0.717, 1.165) is 10.9 Å². The summed E-state index contributed by atoms with van der Waals surface area (Å²) in [7, 11) is 0. The first-order valence-corrected chi connectivity index (χ1v) is 15.0. The van der Waals surface area contributed by atoms with Crippen molar-refractivity contribution in [3.05, 3.63) is 59.8 Å². The van der Waals surface area contributed by atoms with Gasteiger partial charge < -0.3 is 31.1 Å². The van der Waals surface area contributed by atoms with E-state index >= 15 is 0 Å². The number of imidazole rings is 1. The van der Waals surface area contributed by atoms with Crippen molar-refractivity contribution in [1.29, 1.82) is 5.26 Å². The summed E-state index contributed by atoms with van der Waals surface area (Å²) in [4.78, 5) is 49.0. The van der Waals surface area contributed by atoms with Gasteiger partial charge in [-0.05, 0) is 30.7 Å². The summed E-state index contributed by atoms with van der Waals surface area (Å²) in [5.41, 5.74) is 5.44. The summed E-state index contributed by atoms with van der Waals surface area (Å²) in [5.74, 6) is -2.66. The summed E-state index contributed by atoms with van der Waals surface area (Å²) < 4.78 is 49.1. The largest absolute Gasteiger partial charge is 0.437 e. The van der Waals surface area contributed by atoms with Crippen LogP contribution in [0.1, 0.15) is 21.6 Å². The summed E-state index contributed by atoms with van der Waals surface area (Å²) >= 11 is 0. The average Bonchev–Trinajstić information content (AvgIpc) is 3.79. The lowest BCUT2D eigenvalue weighted by Crippen LogP contribution is -2.61. The van der Waals surface area contributed by atoms with Gasteiger partial charge in [-0.2, -0.15) is 23.5 Å². The van der Waals surface area contributed by atoms with Gasteiger partial charge in [0.2, 0.25) is 0 Å². The number of nitrogens with one attached hydrogen (secondary N) is 2. The number of ether oxygens (including phenoxy) is 1. The third kappa shape index (κ3) is 6.61. The van der Waals surface area contributed by atoms with Crippen LogP contribution < -0.4 is 16.4 Å². The van der Waals surface area contributed by atoms with E-state index in [1.807, 2.05) is 0 Å². The highest BCUT2D eigenvalue weighted by molar-refractivity contribution is 6.31. The molecule has 0 saturated carbocycles. The zero-order chi connectivity index (χ0) is 35.0. The Morgan fingerprint density at radius 3 is 2.69 bits per heavy atom. The molecular formula is C30H30F3N11O5. The highest BCUT2D eigenvalue weighted by atomic mass is 19.4. The highest BCUT2D eigenvalue weighted by Crippen LogP contribution is 2.37. The predicted molar refractivity (Wildman–Crippen MR) is 164 cm³/mol. The topological polar surface area (TPSA) is 209 Å². The fraction of sp³-hybridized carbons (Fsp3) is 0.367. The van der Waals surface area contributed by atoms with Crippen molar-refractivity contribution in [2.24, 2.45) is 5.73 Å². The molecule has 16 nitrogen and oxygen atoms in total. The van der Waals surface area contributed by atoms with Crippen molar-refractivity contribution >= 4 is 34.9 Å². The zero-order valence-electron chi connectivity index (χ0n) is 25.9. The van der Waals surface area contributed by atoms with Gasteiger partial charge in [-0.15, -0.1) is 0 Å². The first-order valence-electron chi connectivity index (χ1n) is 15.0. The number of nitrogens with two attached hydrogens (primary N) is 1. The Labute approximate surface area is 275 Å². The Bertz CT molecular complexity index is 1970. The van der Waals surface area contributed by atoms with Crippen LogP contribution in [0.3, 0.4) is 0 Å². The van der Waals surface area contributed by atoms with Crippen LogP contribution >= 0.6 is 0 Å². The predicted octanol–water partition coefficient (Wildman–Crippen LogP) is 0.632. The molecule has 5 heterocycles. The highest BCUT2D eigenvalue weighted by Gasteiger charge is 2.41. The van der Waals surface area contributed by atoms with E-state index in [0.29, 0.717) is 29.9 Å². The molecule has 5 N–H and O–H groups in total. The van der Waals surface area contributed by atoms with E-state index in [1.54, 1.807) is 36.1 Å². The lowest BCUT2D eigenvalue weighted by Gasteiger charge is -2.43. The monoisotopic (exact) mass is 681 g/mol. The molecule has 0 aliphatic carbocycles. The Balaban J connectivity index is 1.22. The smallest absolute Gasteiger partial charge is 0.435 e. The van der Waals surface area contributed by atoms with Crippen LogP contribution in [0.5, 0.6) is 0 Å². The fourth-order valence-electron chi connectivity index (χ4n) is 6.07. The normalized spacial score (nSPS) is 19.9. The number of carbonyl (C=O) groups excluding carboxylic acids is 3. The van der Waals surface area contributed by atoms with Crippen LogP contribution in [0.2, 0.25) is 0 Å². The van der Waals surface area contributed by atoms with Crippen LogP contribution in [0.25, 0.3) is 16.9 Å². The number of piperazine rings is 1. The Hall–Kier alpha value is -5.58. The van der Waals surface area contributed by atoms with Gasteiger partial charge in [0.15, 0.2) is 23.4 Å². The SMILES string of the molecule is Cc1cc(Nc2nccn3c(-c4cn(CC#N)nc4C(F)(F)F)cnc23)ccc1C(=O)N1CCN([C@@H]2CNC[C@H]2O)C(OC(=O)C(N)=O)C1. The molecule has 0 spiro atoms.